The summed E-state index contributed by atoms with van der Waals surface area (Å²) in [6.07, 6.45) is 1.49. The maximum Gasteiger partial charge on any atom is 0.321 e. The summed E-state index contributed by atoms with van der Waals surface area (Å²) in [7, 11) is 1.74. The van der Waals surface area contributed by atoms with Gasteiger partial charge >= 0.3 is 6.03 Å². The lowest BCUT2D eigenvalue weighted by molar-refractivity contribution is -0.130. The molecule has 2 aromatic carbocycles. The number of benzene rings is 2. The van der Waals surface area contributed by atoms with Crippen molar-refractivity contribution < 1.29 is 18.4 Å². The van der Waals surface area contributed by atoms with Gasteiger partial charge in [-0.15, -0.1) is 0 Å². The molecule has 1 saturated heterocycles. The van der Waals surface area contributed by atoms with E-state index in [0.29, 0.717) is 29.9 Å². The van der Waals surface area contributed by atoms with Crippen LogP contribution in [0.25, 0.3) is 11.1 Å². The van der Waals surface area contributed by atoms with E-state index >= 15 is 0 Å². The van der Waals surface area contributed by atoms with E-state index in [4.69, 9.17) is 0 Å². The number of piperidine rings is 1. The smallest absolute Gasteiger partial charge is 0.321 e. The van der Waals surface area contributed by atoms with Crippen LogP contribution in [0.3, 0.4) is 0 Å². The fourth-order valence-corrected chi connectivity index (χ4v) is 3.41. The summed E-state index contributed by atoms with van der Waals surface area (Å²) in [5.74, 6) is -1.21. The van der Waals surface area contributed by atoms with Crippen LogP contribution in [0.4, 0.5) is 19.3 Å². The molecule has 0 aromatic heterocycles. The van der Waals surface area contributed by atoms with E-state index in [1.165, 1.54) is 12.1 Å². The van der Waals surface area contributed by atoms with Crippen LogP contribution in [0.2, 0.25) is 0 Å². The molecule has 3 amide bonds. The van der Waals surface area contributed by atoms with Crippen molar-refractivity contribution >= 4 is 17.6 Å². The number of amides is 3. The lowest BCUT2D eigenvalue weighted by Gasteiger charge is -2.36. The topological polar surface area (TPSA) is 52.7 Å². The van der Waals surface area contributed by atoms with E-state index in [2.05, 4.69) is 5.32 Å². The molecule has 7 heteroatoms. The molecule has 1 aliphatic rings. The molecular formula is C21H23F2N3O2. The number of nitrogens with one attached hydrogen (secondary N) is 1. The lowest BCUT2D eigenvalue weighted by Crippen LogP contribution is -2.47. The van der Waals surface area contributed by atoms with Gasteiger partial charge in [0.1, 0.15) is 11.6 Å². The number of likely N-dealkylation sites (tertiary alicyclic amines) is 1. The van der Waals surface area contributed by atoms with E-state index in [9.17, 15) is 18.4 Å². The van der Waals surface area contributed by atoms with Crippen LogP contribution in [0, 0.1) is 11.6 Å². The Morgan fingerprint density at radius 2 is 1.57 bits per heavy atom. The Hall–Kier alpha value is -2.96. The van der Waals surface area contributed by atoms with Crippen LogP contribution in [0.5, 0.6) is 0 Å². The molecule has 1 heterocycles. The first-order chi connectivity index (χ1) is 13.3. The number of hydrogen-bond donors (Lipinski definition) is 1. The Labute approximate surface area is 162 Å². The highest BCUT2D eigenvalue weighted by molar-refractivity contribution is 5.89. The summed E-state index contributed by atoms with van der Waals surface area (Å²) in [4.78, 5) is 27.4. The maximum absolute atomic E-state index is 13.4. The fourth-order valence-electron chi connectivity index (χ4n) is 3.41. The zero-order valence-electron chi connectivity index (χ0n) is 15.9. The van der Waals surface area contributed by atoms with Crippen molar-refractivity contribution in [3.8, 4) is 11.1 Å². The maximum atomic E-state index is 13.4. The fraction of sp³-hybridized carbons (Fsp3) is 0.333. The highest BCUT2D eigenvalue weighted by atomic mass is 19.1. The SMILES string of the molecule is CC(=O)N1CCC(N(C)C(=O)Nc2ccc(-c3cc(F)cc(F)c3)cc2)CC1. The Morgan fingerprint density at radius 1 is 1.00 bits per heavy atom. The third-order valence-electron chi connectivity index (χ3n) is 5.11. The minimum absolute atomic E-state index is 0.0591. The molecule has 1 N–H and O–H groups in total. The van der Waals surface area contributed by atoms with Gasteiger partial charge in [-0.2, -0.15) is 0 Å². The Kier molecular flexibility index (Phi) is 5.92. The Morgan fingerprint density at radius 3 is 2.11 bits per heavy atom. The van der Waals surface area contributed by atoms with Crippen molar-refractivity contribution in [1.82, 2.24) is 9.80 Å². The molecule has 1 fully saturated rings. The Balaban J connectivity index is 1.60. The molecule has 28 heavy (non-hydrogen) atoms. The van der Waals surface area contributed by atoms with Crippen molar-refractivity contribution in [2.45, 2.75) is 25.8 Å². The summed E-state index contributed by atoms with van der Waals surface area (Å²) >= 11 is 0. The third-order valence-corrected chi connectivity index (χ3v) is 5.11. The summed E-state index contributed by atoms with van der Waals surface area (Å²) < 4.78 is 26.7. The first-order valence-electron chi connectivity index (χ1n) is 9.19. The second-order valence-corrected chi connectivity index (χ2v) is 7.01. The zero-order valence-corrected chi connectivity index (χ0v) is 15.9. The molecular weight excluding hydrogens is 364 g/mol. The number of hydrogen-bond acceptors (Lipinski definition) is 2. The van der Waals surface area contributed by atoms with Gasteiger partial charge in [-0.1, -0.05) is 12.1 Å². The van der Waals surface area contributed by atoms with E-state index in [-0.39, 0.29) is 18.0 Å². The number of anilines is 1. The number of rotatable bonds is 3. The molecule has 5 nitrogen and oxygen atoms in total. The van der Waals surface area contributed by atoms with Gasteiger partial charge in [0, 0.05) is 44.9 Å². The van der Waals surface area contributed by atoms with E-state index < -0.39 is 11.6 Å². The molecule has 0 bridgehead atoms. The van der Waals surface area contributed by atoms with Gasteiger partial charge in [0.25, 0.3) is 0 Å². The van der Waals surface area contributed by atoms with Gasteiger partial charge in [0.15, 0.2) is 0 Å². The number of urea groups is 1. The van der Waals surface area contributed by atoms with Crippen molar-refractivity contribution in [3.05, 3.63) is 54.1 Å². The molecule has 148 valence electrons. The minimum Gasteiger partial charge on any atom is -0.343 e. The van der Waals surface area contributed by atoms with Crippen LogP contribution >= 0.6 is 0 Å². The first-order valence-corrected chi connectivity index (χ1v) is 9.19. The normalized spacial score (nSPS) is 14.6. The van der Waals surface area contributed by atoms with Crippen LogP contribution in [-0.2, 0) is 4.79 Å². The van der Waals surface area contributed by atoms with Crippen molar-refractivity contribution in [2.75, 3.05) is 25.5 Å². The molecule has 0 atom stereocenters. The third kappa shape index (κ3) is 4.65. The van der Waals surface area contributed by atoms with Crippen LogP contribution in [0.15, 0.2) is 42.5 Å². The van der Waals surface area contributed by atoms with Crippen LogP contribution in [0.1, 0.15) is 19.8 Å². The van der Waals surface area contributed by atoms with Gasteiger partial charge in [-0.25, -0.2) is 13.6 Å². The predicted molar refractivity (Wildman–Crippen MR) is 104 cm³/mol. The largest absolute Gasteiger partial charge is 0.343 e. The van der Waals surface area contributed by atoms with Crippen LogP contribution < -0.4 is 5.32 Å². The molecule has 0 radical (unpaired) electrons. The van der Waals surface area contributed by atoms with E-state index in [1.54, 1.807) is 48.0 Å². The summed E-state index contributed by atoms with van der Waals surface area (Å²) in [5.41, 5.74) is 1.68. The van der Waals surface area contributed by atoms with Gasteiger partial charge in [0.05, 0.1) is 0 Å². The quantitative estimate of drug-likeness (QED) is 0.862. The average molecular weight is 387 g/mol. The number of carbonyl (C=O) groups is 2. The van der Waals surface area contributed by atoms with Gasteiger partial charge in [-0.05, 0) is 48.2 Å². The lowest BCUT2D eigenvalue weighted by atomic mass is 10.0. The second kappa shape index (κ2) is 8.37. The minimum atomic E-state index is -0.634. The molecule has 1 aliphatic heterocycles. The van der Waals surface area contributed by atoms with E-state index in [1.807, 2.05) is 0 Å². The summed E-state index contributed by atoms with van der Waals surface area (Å²) in [6, 6.07) is 10.00. The summed E-state index contributed by atoms with van der Waals surface area (Å²) in [5, 5.41) is 2.83. The Bertz CT molecular complexity index is 842. The van der Waals surface area contributed by atoms with Gasteiger partial charge < -0.3 is 15.1 Å². The van der Waals surface area contributed by atoms with Gasteiger partial charge in [0.2, 0.25) is 5.91 Å². The molecule has 0 aliphatic carbocycles. The number of nitrogens with zero attached hydrogens (tertiary/aromatic N) is 2. The zero-order chi connectivity index (χ0) is 20.3. The molecule has 0 saturated carbocycles. The van der Waals surface area contributed by atoms with Crippen molar-refractivity contribution in [2.24, 2.45) is 0 Å². The van der Waals surface area contributed by atoms with Gasteiger partial charge in [-0.3, -0.25) is 4.79 Å². The first kappa shape index (κ1) is 19.8. The molecule has 3 rings (SSSR count). The highest BCUT2D eigenvalue weighted by Gasteiger charge is 2.26. The molecule has 0 unspecified atom stereocenters. The average Bonchev–Trinajstić information content (AvgIpc) is 2.67. The van der Waals surface area contributed by atoms with Crippen molar-refractivity contribution in [1.29, 1.82) is 0 Å². The summed E-state index contributed by atoms with van der Waals surface area (Å²) in [6.45, 7) is 2.85. The second-order valence-electron chi connectivity index (χ2n) is 7.01. The standard InChI is InChI=1S/C21H23F2N3O2/c1-14(27)26-9-7-20(8-10-26)25(2)21(28)24-19-5-3-15(4-6-19)16-11-17(22)13-18(23)12-16/h3-6,11-13,20H,7-10H2,1-2H3,(H,24,28). The predicted octanol–water partition coefficient (Wildman–Crippen LogP) is 4.11. The molecule has 0 spiro atoms. The monoisotopic (exact) mass is 387 g/mol. The number of halogens is 2. The van der Waals surface area contributed by atoms with E-state index in [0.717, 1.165) is 18.9 Å². The highest BCUT2D eigenvalue weighted by Crippen LogP contribution is 2.24. The van der Waals surface area contributed by atoms with Crippen molar-refractivity contribution in [3.63, 3.8) is 0 Å². The molecule has 2 aromatic rings. The number of carbonyl (C=O) groups excluding carboxylic acids is 2. The van der Waals surface area contributed by atoms with Crippen LogP contribution in [-0.4, -0.2) is 47.9 Å².